The Kier molecular flexibility index (Phi) is 3.24. The van der Waals surface area contributed by atoms with Gasteiger partial charge in [0.15, 0.2) is 5.76 Å². The highest BCUT2D eigenvalue weighted by molar-refractivity contribution is 6.00. The van der Waals surface area contributed by atoms with Crippen molar-refractivity contribution in [1.29, 1.82) is 5.26 Å². The number of hydrogen-bond acceptors (Lipinski definition) is 3. The van der Waals surface area contributed by atoms with Gasteiger partial charge in [0.2, 0.25) is 5.78 Å². The van der Waals surface area contributed by atoms with Crippen LogP contribution in [0.5, 0.6) is 0 Å². The molecule has 3 nitrogen and oxygen atoms in total. The molecule has 18 heavy (non-hydrogen) atoms. The summed E-state index contributed by atoms with van der Waals surface area (Å²) in [4.78, 5) is 12.1. The third kappa shape index (κ3) is 2.30. The molecule has 0 saturated carbocycles. The van der Waals surface area contributed by atoms with E-state index < -0.39 is 17.5 Å². The zero-order valence-electron chi connectivity index (χ0n) is 9.68. The number of hydrogen-bond donors (Lipinski definition) is 0. The molecule has 90 valence electrons. The van der Waals surface area contributed by atoms with Crippen molar-refractivity contribution in [3.63, 3.8) is 0 Å². The number of nitrogens with zero attached hydrogens (tertiary/aromatic N) is 1. The van der Waals surface area contributed by atoms with E-state index in [9.17, 15) is 9.18 Å². The maximum Gasteiger partial charge on any atom is 0.219 e. The van der Waals surface area contributed by atoms with Crippen LogP contribution in [0.2, 0.25) is 0 Å². The first-order valence-corrected chi connectivity index (χ1v) is 5.37. The maximum atomic E-state index is 12.8. The number of rotatable bonds is 3. The van der Waals surface area contributed by atoms with Crippen LogP contribution < -0.4 is 0 Å². The Morgan fingerprint density at radius 2 is 1.94 bits per heavy atom. The summed E-state index contributed by atoms with van der Waals surface area (Å²) in [6.07, 6.45) is 0. The summed E-state index contributed by atoms with van der Waals surface area (Å²) in [5.41, 5.74) is 0.456. The molecule has 0 aliphatic rings. The van der Waals surface area contributed by atoms with E-state index in [0.717, 1.165) is 0 Å². The Labute approximate surface area is 103 Å². The van der Waals surface area contributed by atoms with Crippen molar-refractivity contribution in [3.05, 3.63) is 59.3 Å². The lowest BCUT2D eigenvalue weighted by atomic mass is 9.95. The molecule has 1 aromatic heterocycles. The lowest BCUT2D eigenvalue weighted by Crippen LogP contribution is -2.10. The van der Waals surface area contributed by atoms with Crippen LogP contribution in [0.4, 0.5) is 4.39 Å². The summed E-state index contributed by atoms with van der Waals surface area (Å²) < 4.78 is 18.0. The SMILES string of the molecule is Cc1ccc(C(=O)C(C#N)c2ccc(F)cc2)o1. The number of benzene rings is 1. The van der Waals surface area contributed by atoms with Crippen LogP contribution in [0.1, 0.15) is 27.8 Å². The van der Waals surface area contributed by atoms with E-state index in [4.69, 9.17) is 9.68 Å². The largest absolute Gasteiger partial charge is 0.458 e. The molecule has 0 amide bonds. The van der Waals surface area contributed by atoms with Crippen molar-refractivity contribution < 1.29 is 13.6 Å². The first-order chi connectivity index (χ1) is 8.61. The molecule has 0 aliphatic carbocycles. The molecule has 1 atom stereocenters. The van der Waals surface area contributed by atoms with E-state index in [0.29, 0.717) is 11.3 Å². The number of ketones is 1. The highest BCUT2D eigenvalue weighted by atomic mass is 19.1. The van der Waals surface area contributed by atoms with E-state index in [1.54, 1.807) is 13.0 Å². The Bertz CT molecular complexity index is 607. The first-order valence-electron chi connectivity index (χ1n) is 5.37. The fourth-order valence-corrected chi connectivity index (χ4v) is 1.65. The lowest BCUT2D eigenvalue weighted by Gasteiger charge is -2.06. The Balaban J connectivity index is 2.32. The van der Waals surface area contributed by atoms with Crippen LogP contribution >= 0.6 is 0 Å². The van der Waals surface area contributed by atoms with Crippen LogP contribution in [0, 0.1) is 24.1 Å². The molecule has 0 saturated heterocycles. The molecule has 2 rings (SSSR count). The quantitative estimate of drug-likeness (QED) is 0.778. The molecular formula is C14H10FNO2. The van der Waals surface area contributed by atoms with Crippen LogP contribution in [-0.2, 0) is 0 Å². The predicted molar refractivity (Wildman–Crippen MR) is 62.5 cm³/mol. The molecule has 0 N–H and O–H groups in total. The molecule has 2 aromatic rings. The summed E-state index contributed by atoms with van der Waals surface area (Å²) >= 11 is 0. The molecule has 0 spiro atoms. The molecular weight excluding hydrogens is 233 g/mol. The van der Waals surface area contributed by atoms with Gasteiger partial charge in [-0.2, -0.15) is 5.26 Å². The topological polar surface area (TPSA) is 54.0 Å². The molecule has 0 aliphatic heterocycles. The van der Waals surface area contributed by atoms with Gasteiger partial charge in [0.05, 0.1) is 6.07 Å². The zero-order valence-corrected chi connectivity index (χ0v) is 9.68. The fraction of sp³-hybridized carbons (Fsp3) is 0.143. The number of nitriles is 1. The van der Waals surface area contributed by atoms with E-state index >= 15 is 0 Å². The minimum absolute atomic E-state index is 0.142. The van der Waals surface area contributed by atoms with E-state index in [1.807, 2.05) is 6.07 Å². The van der Waals surface area contributed by atoms with E-state index in [1.165, 1.54) is 30.3 Å². The van der Waals surface area contributed by atoms with Gasteiger partial charge < -0.3 is 4.42 Å². The summed E-state index contributed by atoms with van der Waals surface area (Å²) in [5.74, 6) is -1.05. The van der Waals surface area contributed by atoms with Gasteiger partial charge in [0.25, 0.3) is 0 Å². The van der Waals surface area contributed by atoms with Gasteiger partial charge in [-0.05, 0) is 36.8 Å². The van der Waals surface area contributed by atoms with Crippen LogP contribution in [0.15, 0.2) is 40.8 Å². The smallest absolute Gasteiger partial charge is 0.219 e. The van der Waals surface area contributed by atoms with Gasteiger partial charge in [-0.15, -0.1) is 0 Å². The number of furan rings is 1. The van der Waals surface area contributed by atoms with Gasteiger partial charge in [0.1, 0.15) is 17.5 Å². The summed E-state index contributed by atoms with van der Waals surface area (Å²) in [6, 6.07) is 10.4. The predicted octanol–water partition coefficient (Wildman–Crippen LogP) is 3.22. The third-order valence-electron chi connectivity index (χ3n) is 2.58. The highest BCUT2D eigenvalue weighted by Crippen LogP contribution is 2.21. The molecule has 0 bridgehead atoms. The second-order valence-corrected chi connectivity index (χ2v) is 3.89. The lowest BCUT2D eigenvalue weighted by molar-refractivity contribution is 0.0950. The summed E-state index contributed by atoms with van der Waals surface area (Å²) in [7, 11) is 0. The van der Waals surface area contributed by atoms with Crippen LogP contribution in [0.3, 0.4) is 0 Å². The zero-order chi connectivity index (χ0) is 13.1. The fourth-order valence-electron chi connectivity index (χ4n) is 1.65. The number of Topliss-reactive ketones (excluding diaryl/α,β-unsaturated/α-hetero) is 1. The molecule has 0 radical (unpaired) electrons. The number of carbonyl (C=O) groups is 1. The van der Waals surface area contributed by atoms with Gasteiger partial charge in [0, 0.05) is 0 Å². The third-order valence-corrected chi connectivity index (χ3v) is 2.58. The minimum Gasteiger partial charge on any atom is -0.458 e. The summed E-state index contributed by atoms with van der Waals surface area (Å²) in [6.45, 7) is 1.72. The average molecular weight is 243 g/mol. The van der Waals surface area contributed by atoms with Crippen molar-refractivity contribution in [3.8, 4) is 6.07 Å². The molecule has 4 heteroatoms. The van der Waals surface area contributed by atoms with E-state index in [2.05, 4.69) is 0 Å². The van der Waals surface area contributed by atoms with Crippen molar-refractivity contribution >= 4 is 5.78 Å². The normalized spacial score (nSPS) is 11.8. The second kappa shape index (κ2) is 4.84. The number of aryl methyl sites for hydroxylation is 1. The molecule has 1 aromatic carbocycles. The van der Waals surface area contributed by atoms with Crippen molar-refractivity contribution in [2.75, 3.05) is 0 Å². The Hall–Kier alpha value is -2.41. The Morgan fingerprint density at radius 1 is 1.28 bits per heavy atom. The van der Waals surface area contributed by atoms with E-state index in [-0.39, 0.29) is 5.76 Å². The molecule has 1 heterocycles. The maximum absolute atomic E-state index is 12.8. The molecule has 1 unspecified atom stereocenters. The van der Waals surface area contributed by atoms with Crippen LogP contribution in [-0.4, -0.2) is 5.78 Å². The van der Waals surface area contributed by atoms with Crippen molar-refractivity contribution in [2.24, 2.45) is 0 Å². The van der Waals surface area contributed by atoms with Gasteiger partial charge in [-0.25, -0.2) is 4.39 Å². The highest BCUT2D eigenvalue weighted by Gasteiger charge is 2.24. The van der Waals surface area contributed by atoms with Gasteiger partial charge >= 0.3 is 0 Å². The van der Waals surface area contributed by atoms with Crippen molar-refractivity contribution in [1.82, 2.24) is 0 Å². The Morgan fingerprint density at radius 3 is 2.44 bits per heavy atom. The number of carbonyl (C=O) groups excluding carboxylic acids is 1. The average Bonchev–Trinajstić information content (AvgIpc) is 2.79. The number of halogens is 1. The minimum atomic E-state index is -0.976. The van der Waals surface area contributed by atoms with Crippen molar-refractivity contribution in [2.45, 2.75) is 12.8 Å². The monoisotopic (exact) mass is 243 g/mol. The first kappa shape index (κ1) is 12.1. The van der Waals surface area contributed by atoms with Gasteiger partial charge in [-0.3, -0.25) is 4.79 Å². The standard InChI is InChI=1S/C14H10FNO2/c1-9-2-7-13(18-9)14(17)12(8-16)10-3-5-11(15)6-4-10/h2-7,12H,1H3. The van der Waals surface area contributed by atoms with Gasteiger partial charge in [-0.1, -0.05) is 12.1 Å². The molecule has 0 fully saturated rings. The summed E-state index contributed by atoms with van der Waals surface area (Å²) in [5, 5.41) is 9.08. The second-order valence-electron chi connectivity index (χ2n) is 3.89. The van der Waals surface area contributed by atoms with Crippen LogP contribution in [0.25, 0.3) is 0 Å².